The zero-order chi connectivity index (χ0) is 22.5. The number of aromatic nitrogens is 4. The smallest absolute Gasteiger partial charge is 0.314 e. The maximum Gasteiger partial charge on any atom is 0.314 e. The molecule has 0 aliphatic rings. The molecule has 0 radical (unpaired) electrons. The summed E-state index contributed by atoms with van der Waals surface area (Å²) in [7, 11) is 1.57. The quantitative estimate of drug-likeness (QED) is 0.513. The molecular weight excluding hydrogens is 400 g/mol. The Morgan fingerprint density at radius 1 is 1.16 bits per heavy atom. The van der Waals surface area contributed by atoms with E-state index in [9.17, 15) is 14.4 Å². The summed E-state index contributed by atoms with van der Waals surface area (Å²) in [5.74, 6) is -0.597. The van der Waals surface area contributed by atoms with Crippen molar-refractivity contribution in [3.05, 3.63) is 63.2 Å². The largest absolute Gasteiger partial charge is 0.497 e. The molecular formula is C21H24N6O4. The summed E-state index contributed by atoms with van der Waals surface area (Å²) in [4.78, 5) is 43.9. The monoisotopic (exact) mass is 424 g/mol. The first-order valence-electron chi connectivity index (χ1n) is 9.71. The van der Waals surface area contributed by atoms with E-state index in [0.29, 0.717) is 29.1 Å². The van der Waals surface area contributed by atoms with Crippen molar-refractivity contribution in [2.45, 2.75) is 33.7 Å². The van der Waals surface area contributed by atoms with Crippen molar-refractivity contribution in [3.8, 4) is 11.7 Å². The van der Waals surface area contributed by atoms with Crippen LogP contribution < -0.4 is 20.9 Å². The topological polar surface area (TPSA) is 131 Å². The van der Waals surface area contributed by atoms with E-state index < -0.39 is 11.8 Å². The van der Waals surface area contributed by atoms with Gasteiger partial charge in [0.25, 0.3) is 5.56 Å². The van der Waals surface area contributed by atoms with Gasteiger partial charge in [0.1, 0.15) is 11.6 Å². The Kier molecular flexibility index (Phi) is 6.49. The summed E-state index contributed by atoms with van der Waals surface area (Å²) >= 11 is 0. The molecule has 3 rings (SSSR count). The van der Waals surface area contributed by atoms with Crippen LogP contribution in [-0.4, -0.2) is 38.7 Å². The number of aromatic amines is 1. The Hall–Kier alpha value is -3.95. The number of H-pyrrole nitrogens is 1. The molecule has 0 aliphatic carbocycles. The molecule has 0 spiro atoms. The molecule has 0 fully saturated rings. The summed E-state index contributed by atoms with van der Waals surface area (Å²) in [6, 6.07) is 8.70. The highest BCUT2D eigenvalue weighted by Crippen LogP contribution is 2.15. The van der Waals surface area contributed by atoms with Crippen molar-refractivity contribution in [2.24, 2.45) is 0 Å². The van der Waals surface area contributed by atoms with Crippen LogP contribution in [0.15, 0.2) is 35.1 Å². The van der Waals surface area contributed by atoms with Gasteiger partial charge in [0.2, 0.25) is 5.95 Å². The molecule has 2 amide bonds. The molecule has 162 valence electrons. The molecule has 2 aromatic heterocycles. The van der Waals surface area contributed by atoms with Crippen molar-refractivity contribution in [3.63, 3.8) is 0 Å². The Morgan fingerprint density at radius 3 is 2.48 bits per heavy atom. The number of aryl methyl sites for hydroxylation is 2. The minimum absolute atomic E-state index is 0.154. The number of nitrogens with one attached hydrogen (secondary N) is 3. The van der Waals surface area contributed by atoms with E-state index in [1.165, 1.54) is 4.68 Å². The number of carbonyl (C=O) groups is 2. The molecule has 1 aromatic carbocycles. The first kappa shape index (κ1) is 21.8. The summed E-state index contributed by atoms with van der Waals surface area (Å²) in [5, 5.41) is 9.35. The normalized spacial score (nSPS) is 10.6. The molecule has 0 saturated heterocycles. The van der Waals surface area contributed by atoms with Crippen LogP contribution in [0.2, 0.25) is 0 Å². The minimum Gasteiger partial charge on any atom is -0.497 e. The lowest BCUT2D eigenvalue weighted by atomic mass is 10.2. The van der Waals surface area contributed by atoms with Crippen LogP contribution in [0.3, 0.4) is 0 Å². The predicted octanol–water partition coefficient (Wildman–Crippen LogP) is 1.40. The van der Waals surface area contributed by atoms with Crippen molar-refractivity contribution in [1.29, 1.82) is 0 Å². The third-order valence-corrected chi connectivity index (χ3v) is 4.66. The fraction of sp³-hybridized carbons (Fsp3) is 0.286. The average Bonchev–Trinajstić information content (AvgIpc) is 3.12. The second-order valence-electron chi connectivity index (χ2n) is 6.87. The maximum absolute atomic E-state index is 12.4. The number of methoxy groups -OCH3 is 1. The summed E-state index contributed by atoms with van der Waals surface area (Å²) in [6.07, 6.45) is 0.546. The number of benzene rings is 1. The highest BCUT2D eigenvalue weighted by Gasteiger charge is 2.19. The van der Waals surface area contributed by atoms with Crippen LogP contribution >= 0.6 is 0 Å². The molecule has 31 heavy (non-hydrogen) atoms. The zero-order valence-corrected chi connectivity index (χ0v) is 17.8. The number of nitrogens with zero attached hydrogens (tertiary/aromatic N) is 3. The maximum atomic E-state index is 12.4. The average molecular weight is 424 g/mol. The lowest BCUT2D eigenvalue weighted by Gasteiger charge is -2.10. The van der Waals surface area contributed by atoms with E-state index in [2.05, 4.69) is 25.7 Å². The van der Waals surface area contributed by atoms with Crippen molar-refractivity contribution in [2.75, 3.05) is 12.4 Å². The molecule has 0 atom stereocenters. The Labute approximate surface area is 178 Å². The van der Waals surface area contributed by atoms with E-state index in [1.807, 2.05) is 6.92 Å². The van der Waals surface area contributed by atoms with Gasteiger partial charge in [-0.1, -0.05) is 19.1 Å². The molecule has 0 unspecified atom stereocenters. The number of hydrogen-bond donors (Lipinski definition) is 3. The standard InChI is InChI=1S/C21H24N6O4/c1-5-16-13(3)23-21(25-18(16)28)27-17(10-12(2)26-27)24-20(30)19(29)22-11-14-6-8-15(31-4)9-7-14/h6-10H,5,11H2,1-4H3,(H,22,29)(H,24,30)(H,23,25,28). The van der Waals surface area contributed by atoms with E-state index in [-0.39, 0.29) is 23.9 Å². The van der Waals surface area contributed by atoms with Gasteiger partial charge in [-0.15, -0.1) is 0 Å². The Morgan fingerprint density at radius 2 is 1.87 bits per heavy atom. The Balaban J connectivity index is 1.73. The van der Waals surface area contributed by atoms with Gasteiger partial charge in [0.15, 0.2) is 0 Å². The number of carbonyl (C=O) groups excluding carboxylic acids is 2. The lowest BCUT2D eigenvalue weighted by molar-refractivity contribution is -0.136. The lowest BCUT2D eigenvalue weighted by Crippen LogP contribution is -2.35. The molecule has 0 bridgehead atoms. The third-order valence-electron chi connectivity index (χ3n) is 4.66. The second-order valence-corrected chi connectivity index (χ2v) is 6.87. The number of ether oxygens (including phenoxy) is 1. The van der Waals surface area contributed by atoms with Gasteiger partial charge >= 0.3 is 11.8 Å². The van der Waals surface area contributed by atoms with Gasteiger partial charge in [-0.05, 0) is 38.0 Å². The zero-order valence-electron chi connectivity index (χ0n) is 17.8. The number of anilines is 1. The van der Waals surface area contributed by atoms with Crippen LogP contribution in [0, 0.1) is 13.8 Å². The molecule has 2 heterocycles. The number of rotatable bonds is 6. The summed E-state index contributed by atoms with van der Waals surface area (Å²) in [6.45, 7) is 5.51. The second kappa shape index (κ2) is 9.24. The third kappa shape index (κ3) is 4.97. The van der Waals surface area contributed by atoms with Crippen LogP contribution in [-0.2, 0) is 22.6 Å². The summed E-state index contributed by atoms with van der Waals surface area (Å²) < 4.78 is 6.38. The van der Waals surface area contributed by atoms with Gasteiger partial charge in [-0.25, -0.2) is 4.98 Å². The fourth-order valence-electron chi connectivity index (χ4n) is 3.04. The van der Waals surface area contributed by atoms with Crippen LogP contribution in [0.25, 0.3) is 5.95 Å². The highest BCUT2D eigenvalue weighted by molar-refractivity contribution is 6.39. The van der Waals surface area contributed by atoms with Gasteiger partial charge in [0.05, 0.1) is 12.8 Å². The number of amides is 2. The SMILES string of the molecule is CCc1c(C)nc(-n2nc(C)cc2NC(=O)C(=O)NCc2ccc(OC)cc2)[nH]c1=O. The molecule has 0 aliphatic heterocycles. The Bertz CT molecular complexity index is 1160. The van der Waals surface area contributed by atoms with E-state index >= 15 is 0 Å². The molecule has 0 saturated carbocycles. The minimum atomic E-state index is -0.862. The summed E-state index contributed by atoms with van der Waals surface area (Å²) in [5.41, 5.74) is 2.28. The van der Waals surface area contributed by atoms with Gasteiger partial charge in [-0.3, -0.25) is 19.4 Å². The van der Waals surface area contributed by atoms with Gasteiger partial charge < -0.3 is 15.4 Å². The van der Waals surface area contributed by atoms with Crippen molar-refractivity contribution >= 4 is 17.6 Å². The van der Waals surface area contributed by atoms with Crippen LogP contribution in [0.1, 0.15) is 29.4 Å². The predicted molar refractivity (Wildman–Crippen MR) is 114 cm³/mol. The van der Waals surface area contributed by atoms with Crippen molar-refractivity contribution < 1.29 is 14.3 Å². The highest BCUT2D eigenvalue weighted by atomic mass is 16.5. The molecule has 10 heteroatoms. The van der Waals surface area contributed by atoms with Crippen molar-refractivity contribution in [1.82, 2.24) is 25.1 Å². The molecule has 3 N–H and O–H groups in total. The fourth-order valence-corrected chi connectivity index (χ4v) is 3.04. The molecule has 10 nitrogen and oxygen atoms in total. The van der Waals surface area contributed by atoms with Gasteiger partial charge in [0, 0.05) is 23.9 Å². The van der Waals surface area contributed by atoms with Gasteiger partial charge in [-0.2, -0.15) is 9.78 Å². The number of hydrogen-bond acceptors (Lipinski definition) is 6. The van der Waals surface area contributed by atoms with E-state index in [0.717, 1.165) is 5.56 Å². The van der Waals surface area contributed by atoms with Crippen LogP contribution in [0.4, 0.5) is 5.82 Å². The first-order valence-corrected chi connectivity index (χ1v) is 9.71. The first-order chi connectivity index (χ1) is 14.8. The van der Waals surface area contributed by atoms with E-state index in [1.54, 1.807) is 51.3 Å². The molecule has 3 aromatic rings. The van der Waals surface area contributed by atoms with E-state index in [4.69, 9.17) is 4.74 Å². The van der Waals surface area contributed by atoms with Crippen LogP contribution in [0.5, 0.6) is 5.75 Å².